The third kappa shape index (κ3) is 2.67. The van der Waals surface area contributed by atoms with Crippen molar-refractivity contribution in [3.05, 3.63) is 44.6 Å². The summed E-state index contributed by atoms with van der Waals surface area (Å²) >= 11 is 0. The maximum absolute atomic E-state index is 12.6. The summed E-state index contributed by atoms with van der Waals surface area (Å²) in [6, 6.07) is 2.72. The van der Waals surface area contributed by atoms with E-state index in [4.69, 9.17) is 0 Å². The Morgan fingerprint density at radius 1 is 1.18 bits per heavy atom. The lowest BCUT2D eigenvalue weighted by molar-refractivity contribution is -0.387. The van der Waals surface area contributed by atoms with E-state index < -0.39 is 20.6 Å². The number of nitrogens with zero attached hydrogens (tertiary/aromatic N) is 2. The van der Waals surface area contributed by atoms with Gasteiger partial charge in [-0.05, 0) is 38.8 Å². The molecule has 2 aromatic rings. The molecule has 1 aromatic carbocycles. The molecule has 0 radical (unpaired) electrons. The molecule has 0 spiro atoms. The molecule has 8 nitrogen and oxygen atoms in total. The number of anilines is 1. The molecule has 1 aromatic heterocycles. The molecular formula is C13H16N4O4S. The van der Waals surface area contributed by atoms with Gasteiger partial charge >= 0.3 is 0 Å². The Kier molecular flexibility index (Phi) is 3.92. The zero-order chi connectivity index (χ0) is 16.7. The van der Waals surface area contributed by atoms with Gasteiger partial charge in [-0.1, -0.05) is 6.07 Å². The largest absolute Gasteiger partial charge is 0.290 e. The van der Waals surface area contributed by atoms with E-state index in [1.54, 1.807) is 27.7 Å². The predicted molar refractivity (Wildman–Crippen MR) is 81.4 cm³/mol. The van der Waals surface area contributed by atoms with Crippen LogP contribution in [0.3, 0.4) is 0 Å². The number of aryl methyl sites for hydroxylation is 2. The number of nitro benzene ring substituents is 1. The van der Waals surface area contributed by atoms with Crippen LogP contribution in [-0.4, -0.2) is 23.5 Å². The van der Waals surface area contributed by atoms with E-state index in [0.717, 1.165) is 0 Å². The van der Waals surface area contributed by atoms with Gasteiger partial charge in [-0.25, -0.2) is 8.42 Å². The Bertz CT molecular complexity index is 855. The average Bonchev–Trinajstić information content (AvgIpc) is 2.72. The number of H-pyrrole nitrogens is 1. The Labute approximate surface area is 127 Å². The van der Waals surface area contributed by atoms with Crippen LogP contribution in [0.4, 0.5) is 11.5 Å². The van der Waals surface area contributed by atoms with Crippen LogP contribution in [-0.2, 0) is 10.0 Å². The molecule has 2 N–H and O–H groups in total. The summed E-state index contributed by atoms with van der Waals surface area (Å²) in [6.07, 6.45) is 0. The van der Waals surface area contributed by atoms with E-state index in [1.165, 1.54) is 12.1 Å². The minimum atomic E-state index is -4.13. The molecule has 0 unspecified atom stereocenters. The first-order chi connectivity index (χ1) is 10.1. The topological polar surface area (TPSA) is 118 Å². The molecule has 0 bridgehead atoms. The van der Waals surface area contributed by atoms with Gasteiger partial charge in [-0.2, -0.15) is 5.10 Å². The van der Waals surface area contributed by atoms with Gasteiger partial charge in [0, 0.05) is 17.3 Å². The van der Waals surface area contributed by atoms with Crippen LogP contribution in [0.2, 0.25) is 0 Å². The highest BCUT2D eigenvalue weighted by molar-refractivity contribution is 7.93. The summed E-state index contributed by atoms with van der Waals surface area (Å²) in [6.45, 7) is 6.69. The summed E-state index contributed by atoms with van der Waals surface area (Å²) in [5.74, 6) is 0.132. The number of benzene rings is 1. The SMILES string of the molecule is Cc1ccc([N+](=O)[O-])c(S(=O)(=O)Nc2n[nH]c(C)c2C)c1C. The van der Waals surface area contributed by atoms with Gasteiger partial charge in [-0.3, -0.25) is 19.9 Å². The van der Waals surface area contributed by atoms with Crippen molar-refractivity contribution in [2.45, 2.75) is 32.6 Å². The van der Waals surface area contributed by atoms with Crippen molar-refractivity contribution in [3.63, 3.8) is 0 Å². The number of aromatic nitrogens is 2. The van der Waals surface area contributed by atoms with Crippen LogP contribution < -0.4 is 4.72 Å². The summed E-state index contributed by atoms with van der Waals surface area (Å²) in [5.41, 5.74) is 1.89. The molecule has 9 heteroatoms. The fourth-order valence-electron chi connectivity index (χ4n) is 2.02. The van der Waals surface area contributed by atoms with Gasteiger partial charge in [0.1, 0.15) is 0 Å². The monoisotopic (exact) mass is 324 g/mol. The smallest absolute Gasteiger partial charge is 0.280 e. The van der Waals surface area contributed by atoms with Gasteiger partial charge in [-0.15, -0.1) is 0 Å². The lowest BCUT2D eigenvalue weighted by Gasteiger charge is -2.11. The fraction of sp³-hybridized carbons (Fsp3) is 0.308. The quantitative estimate of drug-likeness (QED) is 0.661. The van der Waals surface area contributed by atoms with Crippen molar-refractivity contribution in [2.75, 3.05) is 4.72 Å². The summed E-state index contributed by atoms with van der Waals surface area (Å²) in [4.78, 5) is 10.1. The van der Waals surface area contributed by atoms with E-state index in [1.807, 2.05) is 0 Å². The zero-order valence-electron chi connectivity index (χ0n) is 12.6. The number of hydrogen-bond donors (Lipinski definition) is 2. The van der Waals surface area contributed by atoms with Crippen molar-refractivity contribution in [1.29, 1.82) is 0 Å². The van der Waals surface area contributed by atoms with Crippen LogP contribution in [0.1, 0.15) is 22.4 Å². The Morgan fingerprint density at radius 3 is 2.32 bits per heavy atom. The minimum Gasteiger partial charge on any atom is -0.280 e. The molecule has 0 fully saturated rings. The van der Waals surface area contributed by atoms with Gasteiger partial charge in [0.05, 0.1) is 4.92 Å². The highest BCUT2D eigenvalue weighted by atomic mass is 32.2. The second-order valence-corrected chi connectivity index (χ2v) is 6.66. The van der Waals surface area contributed by atoms with Crippen molar-refractivity contribution in [2.24, 2.45) is 0 Å². The Balaban J connectivity index is 2.61. The van der Waals surface area contributed by atoms with Crippen LogP contribution in [0.15, 0.2) is 17.0 Å². The van der Waals surface area contributed by atoms with Gasteiger partial charge in [0.2, 0.25) is 0 Å². The van der Waals surface area contributed by atoms with E-state index in [0.29, 0.717) is 22.4 Å². The Morgan fingerprint density at radius 2 is 1.82 bits per heavy atom. The highest BCUT2D eigenvalue weighted by Gasteiger charge is 2.30. The fourth-order valence-corrected chi connectivity index (χ4v) is 3.56. The van der Waals surface area contributed by atoms with E-state index >= 15 is 0 Å². The number of sulfonamides is 1. The Hall–Kier alpha value is -2.42. The maximum Gasteiger partial charge on any atom is 0.290 e. The molecule has 0 saturated carbocycles. The van der Waals surface area contributed by atoms with Crippen LogP contribution in [0, 0.1) is 37.8 Å². The number of nitrogens with one attached hydrogen (secondary N) is 2. The van der Waals surface area contributed by atoms with Crippen LogP contribution in [0.25, 0.3) is 0 Å². The van der Waals surface area contributed by atoms with Gasteiger partial charge < -0.3 is 0 Å². The minimum absolute atomic E-state index is 0.132. The van der Waals surface area contributed by atoms with Crippen molar-refractivity contribution >= 4 is 21.5 Å². The molecule has 0 saturated heterocycles. The number of nitro groups is 1. The second-order valence-electron chi connectivity index (χ2n) is 5.04. The van der Waals surface area contributed by atoms with Crippen molar-refractivity contribution in [1.82, 2.24) is 10.2 Å². The van der Waals surface area contributed by atoms with Gasteiger partial charge in [0.15, 0.2) is 10.7 Å². The van der Waals surface area contributed by atoms with E-state index in [2.05, 4.69) is 14.9 Å². The van der Waals surface area contributed by atoms with Crippen molar-refractivity contribution in [3.8, 4) is 0 Å². The van der Waals surface area contributed by atoms with Gasteiger partial charge in [0.25, 0.3) is 15.7 Å². The number of rotatable bonds is 4. The average molecular weight is 324 g/mol. The van der Waals surface area contributed by atoms with Crippen LogP contribution >= 0.6 is 0 Å². The molecule has 0 aliphatic carbocycles. The second kappa shape index (κ2) is 5.41. The molecule has 0 aliphatic heterocycles. The van der Waals surface area contributed by atoms with Crippen molar-refractivity contribution < 1.29 is 13.3 Å². The normalized spacial score (nSPS) is 11.5. The standard InChI is InChI=1S/C13H16N4O4S/c1-7-5-6-11(17(18)19)12(8(7)2)22(20,21)16-13-9(3)10(4)14-15-13/h5-6H,1-4H3,(H2,14,15,16). The molecule has 0 amide bonds. The summed E-state index contributed by atoms with van der Waals surface area (Å²) in [7, 11) is -4.13. The zero-order valence-corrected chi connectivity index (χ0v) is 13.4. The summed E-state index contributed by atoms with van der Waals surface area (Å²) in [5, 5.41) is 17.7. The predicted octanol–water partition coefficient (Wildman–Crippen LogP) is 2.35. The molecule has 0 aliphatic rings. The molecule has 2 rings (SSSR count). The number of hydrogen-bond acceptors (Lipinski definition) is 5. The lowest BCUT2D eigenvalue weighted by atomic mass is 10.1. The summed E-state index contributed by atoms with van der Waals surface area (Å²) < 4.78 is 27.5. The first-order valence-electron chi connectivity index (χ1n) is 6.44. The number of aromatic amines is 1. The van der Waals surface area contributed by atoms with E-state index in [-0.39, 0.29) is 10.7 Å². The maximum atomic E-state index is 12.6. The first kappa shape index (κ1) is 16.0. The molecule has 1 heterocycles. The molecular weight excluding hydrogens is 308 g/mol. The molecule has 0 atom stereocenters. The third-order valence-corrected chi connectivity index (χ3v) is 5.12. The molecule has 22 heavy (non-hydrogen) atoms. The lowest BCUT2D eigenvalue weighted by Crippen LogP contribution is -2.17. The molecule has 118 valence electrons. The highest BCUT2D eigenvalue weighted by Crippen LogP contribution is 2.31. The van der Waals surface area contributed by atoms with Crippen LogP contribution in [0.5, 0.6) is 0 Å². The first-order valence-corrected chi connectivity index (χ1v) is 7.92. The third-order valence-electron chi connectivity index (χ3n) is 3.61. The van der Waals surface area contributed by atoms with E-state index in [9.17, 15) is 18.5 Å².